The lowest BCUT2D eigenvalue weighted by molar-refractivity contribution is 0.310. The fourth-order valence-electron chi connectivity index (χ4n) is 1.31. The molecule has 17 heavy (non-hydrogen) atoms. The number of aromatic nitrogens is 4. The molecule has 0 aliphatic rings. The quantitative estimate of drug-likeness (QED) is 0.830. The van der Waals surface area contributed by atoms with Gasteiger partial charge in [-0.25, -0.2) is 4.98 Å². The van der Waals surface area contributed by atoms with Crippen molar-refractivity contribution < 1.29 is 4.74 Å². The number of halogens is 1. The number of pyridine rings is 1. The first-order valence-electron chi connectivity index (χ1n) is 5.21. The molecule has 0 spiro atoms. The Hall–Kier alpha value is -1.75. The average Bonchev–Trinajstić information content (AvgIpc) is 2.30. The lowest BCUT2D eigenvalue weighted by Gasteiger charge is -2.03. The molecule has 2 aromatic rings. The summed E-state index contributed by atoms with van der Waals surface area (Å²) < 4.78 is 5.20. The first-order chi connectivity index (χ1) is 8.28. The zero-order chi connectivity index (χ0) is 12.1. The van der Waals surface area contributed by atoms with Crippen LogP contribution in [0.5, 0.6) is 6.01 Å². The highest BCUT2D eigenvalue weighted by Gasteiger charge is 2.06. The van der Waals surface area contributed by atoms with Crippen LogP contribution in [-0.4, -0.2) is 26.5 Å². The Morgan fingerprint density at radius 3 is 2.82 bits per heavy atom. The highest BCUT2D eigenvalue weighted by Crippen LogP contribution is 2.10. The van der Waals surface area contributed by atoms with Gasteiger partial charge in [-0.05, 0) is 30.7 Å². The number of hydrogen-bond acceptors (Lipinski definition) is 5. The van der Waals surface area contributed by atoms with E-state index in [1.54, 1.807) is 6.20 Å². The second-order valence-electron chi connectivity index (χ2n) is 3.23. The fraction of sp³-hybridized carbons (Fsp3) is 0.273. The number of rotatable bonds is 4. The number of ether oxygens (including phenoxy) is 1. The van der Waals surface area contributed by atoms with Gasteiger partial charge in [0.1, 0.15) is 5.82 Å². The third kappa shape index (κ3) is 3.35. The van der Waals surface area contributed by atoms with Crippen LogP contribution in [0.2, 0.25) is 5.28 Å². The van der Waals surface area contributed by atoms with E-state index < -0.39 is 0 Å². The molecule has 0 amide bonds. The van der Waals surface area contributed by atoms with Crippen LogP contribution in [0.25, 0.3) is 0 Å². The molecular weight excluding hydrogens is 240 g/mol. The molecule has 0 N–H and O–H groups in total. The monoisotopic (exact) mass is 250 g/mol. The van der Waals surface area contributed by atoms with E-state index in [0.29, 0.717) is 18.9 Å². The maximum atomic E-state index is 5.79. The van der Waals surface area contributed by atoms with Crippen molar-refractivity contribution in [2.24, 2.45) is 0 Å². The second-order valence-corrected chi connectivity index (χ2v) is 3.57. The molecule has 6 heteroatoms. The van der Waals surface area contributed by atoms with E-state index in [2.05, 4.69) is 19.9 Å². The molecule has 5 nitrogen and oxygen atoms in total. The van der Waals surface area contributed by atoms with Crippen molar-refractivity contribution in [1.82, 2.24) is 19.9 Å². The fourth-order valence-corrected chi connectivity index (χ4v) is 1.48. The summed E-state index contributed by atoms with van der Waals surface area (Å²) in [6.07, 6.45) is 2.23. The van der Waals surface area contributed by atoms with Crippen LogP contribution in [0.15, 0.2) is 24.4 Å². The van der Waals surface area contributed by atoms with Gasteiger partial charge in [-0.1, -0.05) is 6.07 Å². The maximum Gasteiger partial charge on any atom is 0.320 e. The van der Waals surface area contributed by atoms with Crippen LogP contribution >= 0.6 is 11.6 Å². The molecule has 0 aromatic carbocycles. The Balaban J connectivity index is 2.21. The summed E-state index contributed by atoms with van der Waals surface area (Å²) in [6, 6.07) is 5.92. The molecule has 0 aliphatic carbocycles. The van der Waals surface area contributed by atoms with Crippen LogP contribution in [0.3, 0.4) is 0 Å². The lowest BCUT2D eigenvalue weighted by atomic mass is 10.2. The Morgan fingerprint density at radius 1 is 1.24 bits per heavy atom. The highest BCUT2D eigenvalue weighted by atomic mass is 35.5. The van der Waals surface area contributed by atoms with Crippen molar-refractivity contribution in [1.29, 1.82) is 0 Å². The van der Waals surface area contributed by atoms with Crippen molar-refractivity contribution in [3.63, 3.8) is 0 Å². The van der Waals surface area contributed by atoms with Gasteiger partial charge in [0.05, 0.1) is 13.0 Å². The van der Waals surface area contributed by atoms with E-state index in [4.69, 9.17) is 16.3 Å². The number of hydrogen-bond donors (Lipinski definition) is 0. The van der Waals surface area contributed by atoms with Gasteiger partial charge in [0, 0.05) is 11.9 Å². The summed E-state index contributed by atoms with van der Waals surface area (Å²) in [5, 5.41) is 0.134. The standard InChI is InChI=1S/C11H11ClN4O/c1-2-17-11-15-9(14-10(12)16-11)7-8-5-3-4-6-13-8/h3-6H,2,7H2,1H3. The molecule has 0 radical (unpaired) electrons. The Morgan fingerprint density at radius 2 is 2.12 bits per heavy atom. The molecule has 0 saturated carbocycles. The minimum atomic E-state index is 0.134. The predicted octanol–water partition coefficient (Wildman–Crippen LogP) is 1.91. The average molecular weight is 251 g/mol. The van der Waals surface area contributed by atoms with Crippen LogP contribution in [0.4, 0.5) is 0 Å². The first kappa shape index (κ1) is 11.7. The summed E-state index contributed by atoms with van der Waals surface area (Å²) in [4.78, 5) is 16.2. The van der Waals surface area contributed by atoms with Gasteiger partial charge in [0.15, 0.2) is 0 Å². The van der Waals surface area contributed by atoms with E-state index >= 15 is 0 Å². The van der Waals surface area contributed by atoms with Gasteiger partial charge in [0.25, 0.3) is 0 Å². The molecule has 0 unspecified atom stereocenters. The smallest absolute Gasteiger partial charge is 0.320 e. The molecule has 2 rings (SSSR count). The van der Waals surface area contributed by atoms with Gasteiger partial charge in [-0.3, -0.25) is 4.98 Å². The third-order valence-electron chi connectivity index (χ3n) is 1.97. The third-order valence-corrected chi connectivity index (χ3v) is 2.14. The Bertz CT molecular complexity index is 492. The summed E-state index contributed by atoms with van der Waals surface area (Å²) in [5.74, 6) is 0.548. The Labute approximate surface area is 104 Å². The summed E-state index contributed by atoms with van der Waals surface area (Å²) in [5.41, 5.74) is 0.872. The van der Waals surface area contributed by atoms with E-state index in [9.17, 15) is 0 Å². The lowest BCUT2D eigenvalue weighted by Crippen LogP contribution is -2.04. The highest BCUT2D eigenvalue weighted by molar-refractivity contribution is 6.28. The zero-order valence-corrected chi connectivity index (χ0v) is 10.1. The van der Waals surface area contributed by atoms with Crippen molar-refractivity contribution in [3.05, 3.63) is 41.2 Å². The molecule has 0 fully saturated rings. The first-order valence-corrected chi connectivity index (χ1v) is 5.59. The van der Waals surface area contributed by atoms with Crippen molar-refractivity contribution >= 4 is 11.6 Å². The van der Waals surface area contributed by atoms with Crippen LogP contribution < -0.4 is 4.74 Å². The van der Waals surface area contributed by atoms with E-state index in [1.165, 1.54) is 0 Å². The normalized spacial score (nSPS) is 10.2. The van der Waals surface area contributed by atoms with Gasteiger partial charge < -0.3 is 4.74 Å². The summed E-state index contributed by atoms with van der Waals surface area (Å²) in [7, 11) is 0. The zero-order valence-electron chi connectivity index (χ0n) is 9.30. The molecule has 2 heterocycles. The van der Waals surface area contributed by atoms with Crippen molar-refractivity contribution in [3.8, 4) is 6.01 Å². The molecule has 0 aliphatic heterocycles. The van der Waals surface area contributed by atoms with Crippen LogP contribution in [0, 0.1) is 0 Å². The summed E-state index contributed by atoms with van der Waals surface area (Å²) >= 11 is 5.79. The van der Waals surface area contributed by atoms with Crippen LogP contribution in [0.1, 0.15) is 18.4 Å². The molecule has 88 valence electrons. The van der Waals surface area contributed by atoms with Crippen molar-refractivity contribution in [2.75, 3.05) is 6.61 Å². The molecule has 0 atom stereocenters. The predicted molar refractivity (Wildman–Crippen MR) is 63.0 cm³/mol. The largest absolute Gasteiger partial charge is 0.464 e. The SMILES string of the molecule is CCOc1nc(Cl)nc(Cc2ccccn2)n1. The van der Waals surface area contributed by atoms with Gasteiger partial charge >= 0.3 is 6.01 Å². The topological polar surface area (TPSA) is 60.8 Å². The molecular formula is C11H11ClN4O. The second kappa shape index (κ2) is 5.54. The van der Waals surface area contributed by atoms with Crippen LogP contribution in [-0.2, 0) is 6.42 Å². The van der Waals surface area contributed by atoms with Gasteiger partial charge in [-0.2, -0.15) is 9.97 Å². The molecule has 2 aromatic heterocycles. The Kier molecular flexibility index (Phi) is 3.82. The van der Waals surface area contributed by atoms with Gasteiger partial charge in [0.2, 0.25) is 5.28 Å². The van der Waals surface area contributed by atoms with E-state index in [0.717, 1.165) is 5.69 Å². The minimum Gasteiger partial charge on any atom is -0.464 e. The summed E-state index contributed by atoms with van der Waals surface area (Å²) in [6.45, 7) is 2.35. The maximum absolute atomic E-state index is 5.79. The molecule has 0 bridgehead atoms. The van der Waals surface area contributed by atoms with Crippen molar-refractivity contribution in [2.45, 2.75) is 13.3 Å². The van der Waals surface area contributed by atoms with E-state index in [-0.39, 0.29) is 11.3 Å². The minimum absolute atomic E-state index is 0.134. The van der Waals surface area contributed by atoms with E-state index in [1.807, 2.05) is 25.1 Å². The van der Waals surface area contributed by atoms with Gasteiger partial charge in [-0.15, -0.1) is 0 Å². The molecule has 0 saturated heterocycles. The number of nitrogens with zero attached hydrogens (tertiary/aromatic N) is 4.